The Kier molecular flexibility index (Phi) is 54.9. The van der Waals surface area contributed by atoms with E-state index in [-0.39, 0.29) is 31.1 Å². The van der Waals surface area contributed by atoms with Crippen LogP contribution in [0.1, 0.15) is 271 Å². The Labute approximate surface area is 432 Å². The number of hydrogen-bond donors (Lipinski definition) is 0. The van der Waals surface area contributed by atoms with Crippen molar-refractivity contribution in [1.82, 2.24) is 0 Å². The van der Waals surface area contributed by atoms with Crippen molar-refractivity contribution in [3.8, 4) is 0 Å². The van der Waals surface area contributed by atoms with Gasteiger partial charge in [0.2, 0.25) is 0 Å². The summed E-state index contributed by atoms with van der Waals surface area (Å²) in [5.41, 5.74) is 0. The van der Waals surface area contributed by atoms with Gasteiger partial charge in [0, 0.05) is 19.3 Å². The summed E-state index contributed by atoms with van der Waals surface area (Å²) in [5.74, 6) is -0.907. The molecule has 0 radical (unpaired) electrons. The topological polar surface area (TPSA) is 78.9 Å². The Morgan fingerprint density at radius 1 is 0.300 bits per heavy atom. The number of esters is 3. The summed E-state index contributed by atoms with van der Waals surface area (Å²) < 4.78 is 16.7. The highest BCUT2D eigenvalue weighted by molar-refractivity contribution is 5.71. The quantitative estimate of drug-likeness (QED) is 0.0262. The van der Waals surface area contributed by atoms with Crippen LogP contribution in [0.5, 0.6) is 0 Å². The lowest BCUT2D eigenvalue weighted by molar-refractivity contribution is -0.167. The standard InChI is InChI=1S/C64H108O6/c1-4-7-10-13-16-18-20-22-24-25-26-27-28-29-30-31-32-33-34-35-36-37-38-39-41-42-44-46-48-51-54-57-63(66)69-60-61(59-68-62(65)56-53-50-15-12-9-6-3)70-64(67)58-55-52-49-47-45-43-40-23-21-19-17-14-11-8-5-2/h7-8,10-11,16-19,22-24,26-27,29-30,40,61H,4-6,9,12-15,20-21,25,28,31-39,41-60H2,1-3H3/b10-7-,11-8-,18-16-,19-17-,24-22-,27-26-,30-29-,40-23-. The lowest BCUT2D eigenvalue weighted by atomic mass is 10.0. The van der Waals surface area contributed by atoms with Gasteiger partial charge in [0.1, 0.15) is 13.2 Å². The molecule has 400 valence electrons. The van der Waals surface area contributed by atoms with E-state index >= 15 is 0 Å². The molecule has 0 aliphatic heterocycles. The maximum absolute atomic E-state index is 12.8. The van der Waals surface area contributed by atoms with Crippen molar-refractivity contribution in [3.05, 3.63) is 97.2 Å². The Balaban J connectivity index is 4.04. The van der Waals surface area contributed by atoms with Gasteiger partial charge in [0.25, 0.3) is 0 Å². The van der Waals surface area contributed by atoms with Crippen molar-refractivity contribution in [2.24, 2.45) is 0 Å². The third-order valence-corrected chi connectivity index (χ3v) is 12.3. The van der Waals surface area contributed by atoms with Crippen LogP contribution in [0.25, 0.3) is 0 Å². The first-order valence-electron chi connectivity index (χ1n) is 29.2. The summed E-state index contributed by atoms with van der Waals surface area (Å²) in [6.07, 6.45) is 77.3. The number of rotatable bonds is 52. The molecule has 0 spiro atoms. The number of unbranched alkanes of at least 4 members (excludes halogenated alkanes) is 25. The van der Waals surface area contributed by atoms with Crippen molar-refractivity contribution in [2.75, 3.05) is 13.2 Å². The van der Waals surface area contributed by atoms with E-state index in [1.165, 1.54) is 103 Å². The summed E-state index contributed by atoms with van der Waals surface area (Å²) in [5, 5.41) is 0. The van der Waals surface area contributed by atoms with Crippen molar-refractivity contribution in [3.63, 3.8) is 0 Å². The fourth-order valence-corrected chi connectivity index (χ4v) is 8.01. The molecule has 0 heterocycles. The van der Waals surface area contributed by atoms with Crippen molar-refractivity contribution >= 4 is 17.9 Å². The van der Waals surface area contributed by atoms with Gasteiger partial charge in [-0.2, -0.15) is 0 Å². The van der Waals surface area contributed by atoms with E-state index in [0.717, 1.165) is 128 Å². The summed E-state index contributed by atoms with van der Waals surface area (Å²) in [7, 11) is 0. The van der Waals surface area contributed by atoms with Gasteiger partial charge in [-0.3, -0.25) is 14.4 Å². The van der Waals surface area contributed by atoms with Crippen LogP contribution in [-0.4, -0.2) is 37.2 Å². The minimum atomic E-state index is -0.782. The molecule has 0 fully saturated rings. The molecule has 0 amide bonds. The zero-order chi connectivity index (χ0) is 50.7. The van der Waals surface area contributed by atoms with Gasteiger partial charge in [-0.05, 0) is 96.3 Å². The van der Waals surface area contributed by atoms with Crippen LogP contribution in [0.15, 0.2) is 97.2 Å². The Bertz CT molecular complexity index is 1400. The molecule has 0 saturated heterocycles. The average molecular weight is 974 g/mol. The van der Waals surface area contributed by atoms with Crippen LogP contribution >= 0.6 is 0 Å². The van der Waals surface area contributed by atoms with E-state index < -0.39 is 6.10 Å². The predicted molar refractivity (Wildman–Crippen MR) is 302 cm³/mol. The van der Waals surface area contributed by atoms with Crippen LogP contribution in [0.2, 0.25) is 0 Å². The summed E-state index contributed by atoms with van der Waals surface area (Å²) in [4.78, 5) is 37.8. The first kappa shape index (κ1) is 66.3. The first-order chi connectivity index (χ1) is 34.5. The Hall–Kier alpha value is -3.67. The second-order valence-electron chi connectivity index (χ2n) is 19.1. The van der Waals surface area contributed by atoms with Gasteiger partial charge in [-0.15, -0.1) is 0 Å². The number of allylic oxidation sites excluding steroid dienone is 16. The second-order valence-corrected chi connectivity index (χ2v) is 19.1. The molecule has 0 saturated carbocycles. The minimum absolute atomic E-state index is 0.0828. The minimum Gasteiger partial charge on any atom is -0.462 e. The maximum atomic E-state index is 12.8. The molecule has 6 nitrogen and oxygen atoms in total. The molecule has 70 heavy (non-hydrogen) atoms. The van der Waals surface area contributed by atoms with Gasteiger partial charge >= 0.3 is 17.9 Å². The molecule has 0 aromatic rings. The van der Waals surface area contributed by atoms with E-state index in [1.807, 2.05) is 0 Å². The number of carbonyl (C=O) groups is 3. The number of carbonyl (C=O) groups excluding carboxylic acids is 3. The zero-order valence-corrected chi connectivity index (χ0v) is 45.8. The Morgan fingerprint density at radius 3 is 0.871 bits per heavy atom. The van der Waals surface area contributed by atoms with Crippen LogP contribution in [-0.2, 0) is 28.6 Å². The first-order valence-corrected chi connectivity index (χ1v) is 29.2. The SMILES string of the molecule is CC/C=C\C/C=C\C/C=C\C/C=C\C/C=C\CCCCCCCCCCCCCCCCCC(=O)OCC(COC(=O)CCCCCCCC)OC(=O)CCCCCCC/C=C\C/C=C\C/C=C\CC. The van der Waals surface area contributed by atoms with E-state index in [9.17, 15) is 14.4 Å². The predicted octanol–water partition coefficient (Wildman–Crippen LogP) is 19.7. The molecule has 0 N–H and O–H groups in total. The van der Waals surface area contributed by atoms with Gasteiger partial charge in [0.15, 0.2) is 6.10 Å². The van der Waals surface area contributed by atoms with Crippen molar-refractivity contribution in [1.29, 1.82) is 0 Å². The van der Waals surface area contributed by atoms with Crippen LogP contribution in [0.3, 0.4) is 0 Å². The monoisotopic (exact) mass is 973 g/mol. The van der Waals surface area contributed by atoms with E-state index in [0.29, 0.717) is 19.3 Å². The highest BCUT2D eigenvalue weighted by atomic mass is 16.6. The molecular weight excluding hydrogens is 865 g/mol. The van der Waals surface area contributed by atoms with Crippen LogP contribution in [0.4, 0.5) is 0 Å². The lowest BCUT2D eigenvalue weighted by Crippen LogP contribution is -2.30. The lowest BCUT2D eigenvalue weighted by Gasteiger charge is -2.18. The highest BCUT2D eigenvalue weighted by Crippen LogP contribution is 2.16. The smallest absolute Gasteiger partial charge is 0.306 e. The van der Waals surface area contributed by atoms with Crippen molar-refractivity contribution in [2.45, 2.75) is 277 Å². The summed E-state index contributed by atoms with van der Waals surface area (Å²) >= 11 is 0. The molecule has 0 bridgehead atoms. The van der Waals surface area contributed by atoms with Crippen LogP contribution in [0, 0.1) is 0 Å². The Morgan fingerprint density at radius 2 is 0.557 bits per heavy atom. The number of ether oxygens (including phenoxy) is 3. The molecule has 1 atom stereocenters. The second kappa shape index (κ2) is 57.9. The van der Waals surface area contributed by atoms with E-state index in [4.69, 9.17) is 14.2 Å². The van der Waals surface area contributed by atoms with E-state index in [2.05, 4.69) is 118 Å². The molecule has 0 rings (SSSR count). The third-order valence-electron chi connectivity index (χ3n) is 12.3. The average Bonchev–Trinajstić information content (AvgIpc) is 3.36. The van der Waals surface area contributed by atoms with Gasteiger partial charge in [-0.1, -0.05) is 253 Å². The number of hydrogen-bond acceptors (Lipinski definition) is 6. The zero-order valence-electron chi connectivity index (χ0n) is 45.8. The van der Waals surface area contributed by atoms with E-state index in [1.54, 1.807) is 0 Å². The normalized spacial score (nSPS) is 12.8. The third kappa shape index (κ3) is 55.3. The molecular formula is C64H108O6. The maximum Gasteiger partial charge on any atom is 0.306 e. The van der Waals surface area contributed by atoms with Crippen molar-refractivity contribution < 1.29 is 28.6 Å². The largest absolute Gasteiger partial charge is 0.462 e. The fourth-order valence-electron chi connectivity index (χ4n) is 8.01. The fraction of sp³-hybridized carbons (Fsp3) is 0.703. The summed E-state index contributed by atoms with van der Waals surface area (Å²) in [6.45, 7) is 6.34. The van der Waals surface area contributed by atoms with Gasteiger partial charge in [-0.25, -0.2) is 0 Å². The molecule has 0 aliphatic carbocycles. The highest BCUT2D eigenvalue weighted by Gasteiger charge is 2.19. The van der Waals surface area contributed by atoms with Crippen LogP contribution < -0.4 is 0 Å². The molecule has 0 aromatic carbocycles. The molecule has 0 aliphatic rings. The molecule has 6 heteroatoms. The molecule has 0 aromatic heterocycles. The molecule has 1 unspecified atom stereocenters. The van der Waals surface area contributed by atoms with Gasteiger partial charge < -0.3 is 14.2 Å². The van der Waals surface area contributed by atoms with Gasteiger partial charge in [0.05, 0.1) is 0 Å². The summed E-state index contributed by atoms with van der Waals surface area (Å²) in [6, 6.07) is 0.